The SMILES string of the molecule is CCN(CC)C(=O)C1(C)CCNC1. The fraction of sp³-hybridized carbons (Fsp3) is 0.900. The minimum absolute atomic E-state index is 0.147. The van der Waals surface area contributed by atoms with Gasteiger partial charge in [-0.3, -0.25) is 4.79 Å². The van der Waals surface area contributed by atoms with Crippen LogP contribution in [-0.4, -0.2) is 37.0 Å². The quantitative estimate of drug-likeness (QED) is 0.705. The van der Waals surface area contributed by atoms with Gasteiger partial charge in [0.15, 0.2) is 0 Å². The van der Waals surface area contributed by atoms with Crippen LogP contribution in [0.25, 0.3) is 0 Å². The standard InChI is InChI=1S/C10H20N2O/c1-4-12(5-2)9(13)10(3)6-7-11-8-10/h11H,4-8H2,1-3H3. The molecule has 1 amide bonds. The fourth-order valence-corrected chi connectivity index (χ4v) is 1.89. The third kappa shape index (κ3) is 2.02. The highest BCUT2D eigenvalue weighted by molar-refractivity contribution is 5.83. The van der Waals surface area contributed by atoms with Gasteiger partial charge >= 0.3 is 0 Å². The molecule has 0 bridgehead atoms. The van der Waals surface area contributed by atoms with Crippen LogP contribution in [0.3, 0.4) is 0 Å². The van der Waals surface area contributed by atoms with Gasteiger partial charge in [-0.25, -0.2) is 0 Å². The van der Waals surface area contributed by atoms with Crippen molar-refractivity contribution >= 4 is 5.91 Å². The minimum Gasteiger partial charge on any atom is -0.343 e. The molecule has 0 aromatic carbocycles. The van der Waals surface area contributed by atoms with Crippen LogP contribution in [0.15, 0.2) is 0 Å². The Hall–Kier alpha value is -0.570. The molecule has 13 heavy (non-hydrogen) atoms. The van der Waals surface area contributed by atoms with Crippen LogP contribution in [0, 0.1) is 5.41 Å². The molecule has 1 saturated heterocycles. The van der Waals surface area contributed by atoms with E-state index in [4.69, 9.17) is 0 Å². The first-order valence-corrected chi connectivity index (χ1v) is 5.14. The van der Waals surface area contributed by atoms with Crippen molar-refractivity contribution in [1.82, 2.24) is 10.2 Å². The van der Waals surface area contributed by atoms with E-state index in [0.29, 0.717) is 5.91 Å². The first-order valence-electron chi connectivity index (χ1n) is 5.14. The molecule has 0 aliphatic carbocycles. The van der Waals surface area contributed by atoms with Crippen molar-refractivity contribution < 1.29 is 4.79 Å². The molecule has 0 aromatic heterocycles. The lowest BCUT2D eigenvalue weighted by atomic mass is 9.88. The zero-order valence-electron chi connectivity index (χ0n) is 8.89. The van der Waals surface area contributed by atoms with E-state index in [9.17, 15) is 4.79 Å². The molecule has 3 heteroatoms. The van der Waals surface area contributed by atoms with Crippen molar-refractivity contribution in [2.75, 3.05) is 26.2 Å². The Bertz CT molecular complexity index is 181. The Morgan fingerprint density at radius 2 is 2.08 bits per heavy atom. The van der Waals surface area contributed by atoms with E-state index in [-0.39, 0.29) is 5.41 Å². The van der Waals surface area contributed by atoms with E-state index in [2.05, 4.69) is 12.2 Å². The molecule has 0 radical (unpaired) electrons. The van der Waals surface area contributed by atoms with Gasteiger partial charge in [0.25, 0.3) is 0 Å². The molecular formula is C10H20N2O. The van der Waals surface area contributed by atoms with Gasteiger partial charge in [-0.05, 0) is 33.7 Å². The summed E-state index contributed by atoms with van der Waals surface area (Å²) < 4.78 is 0. The molecule has 1 atom stereocenters. The van der Waals surface area contributed by atoms with Crippen LogP contribution in [0.2, 0.25) is 0 Å². The summed E-state index contributed by atoms with van der Waals surface area (Å²) in [6.45, 7) is 9.59. The van der Waals surface area contributed by atoms with Gasteiger partial charge in [-0.2, -0.15) is 0 Å². The van der Waals surface area contributed by atoms with E-state index in [1.807, 2.05) is 18.7 Å². The van der Waals surface area contributed by atoms with Crippen molar-refractivity contribution in [3.05, 3.63) is 0 Å². The molecule has 3 nitrogen and oxygen atoms in total. The summed E-state index contributed by atoms with van der Waals surface area (Å²) in [6, 6.07) is 0. The predicted octanol–water partition coefficient (Wildman–Crippen LogP) is 0.854. The normalized spacial score (nSPS) is 27.6. The highest BCUT2D eigenvalue weighted by Crippen LogP contribution is 2.26. The summed E-state index contributed by atoms with van der Waals surface area (Å²) in [5.74, 6) is 0.308. The van der Waals surface area contributed by atoms with Crippen molar-refractivity contribution in [2.24, 2.45) is 5.41 Å². The van der Waals surface area contributed by atoms with E-state index >= 15 is 0 Å². The van der Waals surface area contributed by atoms with Crippen LogP contribution in [0.5, 0.6) is 0 Å². The average Bonchev–Trinajstić information content (AvgIpc) is 2.55. The Balaban J connectivity index is 2.64. The summed E-state index contributed by atoms with van der Waals surface area (Å²) in [5, 5.41) is 3.25. The molecule has 1 rings (SSSR count). The number of carbonyl (C=O) groups is 1. The molecule has 0 aromatic rings. The van der Waals surface area contributed by atoms with E-state index in [1.54, 1.807) is 0 Å². The molecule has 0 saturated carbocycles. The predicted molar refractivity (Wildman–Crippen MR) is 53.5 cm³/mol. The van der Waals surface area contributed by atoms with Crippen LogP contribution in [0.1, 0.15) is 27.2 Å². The largest absolute Gasteiger partial charge is 0.343 e. The average molecular weight is 184 g/mol. The highest BCUT2D eigenvalue weighted by atomic mass is 16.2. The maximum Gasteiger partial charge on any atom is 0.229 e. The molecule has 0 spiro atoms. The number of hydrogen-bond donors (Lipinski definition) is 1. The van der Waals surface area contributed by atoms with Gasteiger partial charge in [-0.1, -0.05) is 0 Å². The number of carbonyl (C=O) groups excluding carboxylic acids is 1. The first kappa shape index (κ1) is 10.5. The molecule has 1 unspecified atom stereocenters. The van der Waals surface area contributed by atoms with Gasteiger partial charge in [-0.15, -0.1) is 0 Å². The fourth-order valence-electron chi connectivity index (χ4n) is 1.89. The van der Waals surface area contributed by atoms with Crippen molar-refractivity contribution in [3.8, 4) is 0 Å². The van der Waals surface area contributed by atoms with Gasteiger partial charge in [0.1, 0.15) is 0 Å². The van der Waals surface area contributed by atoms with Crippen molar-refractivity contribution in [2.45, 2.75) is 27.2 Å². The monoisotopic (exact) mass is 184 g/mol. The van der Waals surface area contributed by atoms with Gasteiger partial charge in [0, 0.05) is 19.6 Å². The lowest BCUT2D eigenvalue weighted by Crippen LogP contribution is -2.43. The molecule has 1 aliphatic rings. The topological polar surface area (TPSA) is 32.3 Å². The number of nitrogens with one attached hydrogen (secondary N) is 1. The third-order valence-corrected chi connectivity index (χ3v) is 2.94. The Morgan fingerprint density at radius 1 is 1.46 bits per heavy atom. The minimum atomic E-state index is -0.147. The third-order valence-electron chi connectivity index (χ3n) is 2.94. The van der Waals surface area contributed by atoms with Crippen LogP contribution in [0.4, 0.5) is 0 Å². The summed E-state index contributed by atoms with van der Waals surface area (Å²) in [7, 11) is 0. The smallest absolute Gasteiger partial charge is 0.229 e. The van der Waals surface area contributed by atoms with E-state index in [1.165, 1.54) is 0 Å². The Morgan fingerprint density at radius 3 is 2.46 bits per heavy atom. The summed E-state index contributed by atoms with van der Waals surface area (Å²) in [5.41, 5.74) is -0.147. The Kier molecular flexibility index (Phi) is 3.31. The van der Waals surface area contributed by atoms with Crippen molar-refractivity contribution in [1.29, 1.82) is 0 Å². The van der Waals surface area contributed by atoms with Gasteiger partial charge < -0.3 is 10.2 Å². The maximum absolute atomic E-state index is 12.0. The van der Waals surface area contributed by atoms with Crippen LogP contribution < -0.4 is 5.32 Å². The highest BCUT2D eigenvalue weighted by Gasteiger charge is 2.38. The first-order chi connectivity index (χ1) is 6.14. The lowest BCUT2D eigenvalue weighted by Gasteiger charge is -2.29. The number of nitrogens with zero attached hydrogens (tertiary/aromatic N) is 1. The summed E-state index contributed by atoms with van der Waals surface area (Å²) in [6.07, 6.45) is 0.975. The van der Waals surface area contributed by atoms with Crippen LogP contribution in [-0.2, 0) is 4.79 Å². The summed E-state index contributed by atoms with van der Waals surface area (Å²) >= 11 is 0. The second kappa shape index (κ2) is 4.09. The number of hydrogen-bond acceptors (Lipinski definition) is 2. The van der Waals surface area contributed by atoms with Crippen molar-refractivity contribution in [3.63, 3.8) is 0 Å². The molecular weight excluding hydrogens is 164 g/mol. The number of amides is 1. The van der Waals surface area contributed by atoms with Crippen LogP contribution >= 0.6 is 0 Å². The lowest BCUT2D eigenvalue weighted by molar-refractivity contribution is -0.139. The zero-order chi connectivity index (χ0) is 9.90. The Labute approximate surface area is 80.5 Å². The maximum atomic E-state index is 12.0. The van der Waals surface area contributed by atoms with E-state index < -0.39 is 0 Å². The second-order valence-corrected chi connectivity index (χ2v) is 3.96. The molecule has 1 aliphatic heterocycles. The summed E-state index contributed by atoms with van der Waals surface area (Å²) in [4.78, 5) is 13.9. The second-order valence-electron chi connectivity index (χ2n) is 3.96. The molecule has 1 N–H and O–H groups in total. The zero-order valence-corrected chi connectivity index (χ0v) is 8.89. The van der Waals surface area contributed by atoms with Gasteiger partial charge in [0.05, 0.1) is 5.41 Å². The molecule has 1 heterocycles. The molecule has 76 valence electrons. The number of rotatable bonds is 3. The van der Waals surface area contributed by atoms with Gasteiger partial charge in [0.2, 0.25) is 5.91 Å². The molecule has 1 fully saturated rings. The van der Waals surface area contributed by atoms with E-state index in [0.717, 1.165) is 32.6 Å².